The van der Waals surface area contributed by atoms with Crippen molar-refractivity contribution in [2.24, 2.45) is 0 Å². The Bertz CT molecular complexity index is 609. The van der Waals surface area contributed by atoms with Crippen LogP contribution in [0.3, 0.4) is 0 Å². The van der Waals surface area contributed by atoms with Gasteiger partial charge in [0, 0.05) is 16.9 Å². The van der Waals surface area contributed by atoms with Gasteiger partial charge in [0.25, 0.3) is 11.8 Å². The van der Waals surface area contributed by atoms with E-state index in [1.54, 1.807) is 17.4 Å². The van der Waals surface area contributed by atoms with Gasteiger partial charge in [-0.3, -0.25) is 9.59 Å². The third-order valence-corrected chi connectivity index (χ3v) is 3.40. The van der Waals surface area contributed by atoms with Gasteiger partial charge in [-0.1, -0.05) is 0 Å². The Balaban J connectivity index is 2.12. The minimum atomic E-state index is -0.278. The molecule has 0 saturated carbocycles. The molecule has 3 rings (SSSR count). The summed E-state index contributed by atoms with van der Waals surface area (Å²) < 4.78 is 1.15. The number of fused-ring (bicyclic) bond motifs is 1. The molecule has 1 aliphatic rings. The Hall–Kier alpha value is -1.94. The van der Waals surface area contributed by atoms with Gasteiger partial charge in [0.2, 0.25) is 0 Å². The molecule has 0 N–H and O–H groups in total. The number of thiophene rings is 1. The summed E-state index contributed by atoms with van der Waals surface area (Å²) in [7, 11) is 0. The molecule has 0 unspecified atom stereocenters. The van der Waals surface area contributed by atoms with Crippen molar-refractivity contribution < 1.29 is 9.59 Å². The number of carbonyl (C=O) groups excluding carboxylic acids is 2. The molecule has 2 heterocycles. The second kappa shape index (κ2) is 3.28. The Morgan fingerprint density at radius 2 is 1.75 bits per heavy atom. The molecule has 2 amide bonds. The van der Waals surface area contributed by atoms with Gasteiger partial charge in [0.1, 0.15) is 0 Å². The van der Waals surface area contributed by atoms with Gasteiger partial charge in [-0.05, 0) is 35.0 Å². The third kappa shape index (κ3) is 1.27. The zero-order chi connectivity index (χ0) is 11.1. The van der Waals surface area contributed by atoms with Gasteiger partial charge in [0.15, 0.2) is 0 Å². The summed E-state index contributed by atoms with van der Waals surface area (Å²) in [6.07, 6.45) is 2.58. The fourth-order valence-corrected chi connectivity index (χ4v) is 2.52. The highest BCUT2D eigenvalue weighted by molar-refractivity contribution is 7.17. The van der Waals surface area contributed by atoms with Gasteiger partial charge in [0.05, 0.1) is 5.69 Å². The van der Waals surface area contributed by atoms with Gasteiger partial charge in [-0.2, -0.15) is 0 Å². The van der Waals surface area contributed by atoms with Crippen LogP contribution in [-0.2, 0) is 9.59 Å². The number of amides is 2. The number of benzene rings is 1. The maximum Gasteiger partial charge on any atom is 0.258 e. The summed E-state index contributed by atoms with van der Waals surface area (Å²) in [5.74, 6) is -0.556. The minimum Gasteiger partial charge on any atom is -0.269 e. The molecule has 0 fully saturated rings. The van der Waals surface area contributed by atoms with E-state index in [9.17, 15) is 9.59 Å². The molecule has 0 saturated heterocycles. The number of anilines is 1. The van der Waals surface area contributed by atoms with Crippen LogP contribution in [0.15, 0.2) is 41.8 Å². The molecule has 3 nitrogen and oxygen atoms in total. The Kier molecular flexibility index (Phi) is 1.91. The van der Waals surface area contributed by atoms with E-state index >= 15 is 0 Å². The monoisotopic (exact) mass is 229 g/mol. The molecule has 1 aromatic heterocycles. The molecule has 0 radical (unpaired) electrons. The lowest BCUT2D eigenvalue weighted by Crippen LogP contribution is -2.29. The van der Waals surface area contributed by atoms with Crippen molar-refractivity contribution in [1.82, 2.24) is 0 Å². The second-order valence-electron chi connectivity index (χ2n) is 3.49. The summed E-state index contributed by atoms with van der Waals surface area (Å²) in [5.41, 5.74) is 0.630. The molecule has 16 heavy (non-hydrogen) atoms. The van der Waals surface area contributed by atoms with E-state index in [4.69, 9.17) is 0 Å². The largest absolute Gasteiger partial charge is 0.269 e. The van der Waals surface area contributed by atoms with Crippen LogP contribution in [0, 0.1) is 0 Å². The SMILES string of the molecule is O=C1C=CC(=O)N1c1ccc2sccc2c1. The number of hydrogen-bond acceptors (Lipinski definition) is 3. The predicted octanol–water partition coefficient (Wildman–Crippen LogP) is 2.33. The van der Waals surface area contributed by atoms with E-state index in [1.807, 2.05) is 23.6 Å². The van der Waals surface area contributed by atoms with Crippen LogP contribution in [0.2, 0.25) is 0 Å². The van der Waals surface area contributed by atoms with E-state index in [0.717, 1.165) is 10.1 Å². The van der Waals surface area contributed by atoms with Gasteiger partial charge in [-0.25, -0.2) is 4.90 Å². The van der Waals surface area contributed by atoms with Crippen molar-refractivity contribution in [1.29, 1.82) is 0 Å². The van der Waals surface area contributed by atoms with Crippen LogP contribution < -0.4 is 4.90 Å². The van der Waals surface area contributed by atoms with Crippen LogP contribution in [0.25, 0.3) is 10.1 Å². The maximum absolute atomic E-state index is 11.5. The second-order valence-corrected chi connectivity index (χ2v) is 4.44. The molecular weight excluding hydrogens is 222 g/mol. The van der Waals surface area contributed by atoms with E-state index in [0.29, 0.717) is 5.69 Å². The van der Waals surface area contributed by atoms with Crippen molar-refractivity contribution in [2.45, 2.75) is 0 Å². The molecule has 4 heteroatoms. The summed E-state index contributed by atoms with van der Waals surface area (Å²) in [4.78, 5) is 24.1. The van der Waals surface area contributed by atoms with Crippen LogP contribution in [-0.4, -0.2) is 11.8 Å². The fraction of sp³-hybridized carbons (Fsp3) is 0. The first-order valence-corrected chi connectivity index (χ1v) is 5.67. The normalized spacial score (nSPS) is 15.4. The third-order valence-electron chi connectivity index (χ3n) is 2.50. The van der Waals surface area contributed by atoms with E-state index in [-0.39, 0.29) is 11.8 Å². The smallest absolute Gasteiger partial charge is 0.258 e. The number of rotatable bonds is 1. The summed E-state index contributed by atoms with van der Waals surface area (Å²) in [6.45, 7) is 0. The van der Waals surface area contributed by atoms with Crippen molar-refractivity contribution in [3.05, 3.63) is 41.8 Å². The Morgan fingerprint density at radius 3 is 2.50 bits per heavy atom. The van der Waals surface area contributed by atoms with Gasteiger partial charge < -0.3 is 0 Å². The van der Waals surface area contributed by atoms with E-state index < -0.39 is 0 Å². The fourth-order valence-electron chi connectivity index (χ4n) is 1.75. The first kappa shape index (κ1) is 9.30. The van der Waals surface area contributed by atoms with Crippen LogP contribution in [0.4, 0.5) is 5.69 Å². The zero-order valence-corrected chi connectivity index (χ0v) is 9.03. The lowest BCUT2D eigenvalue weighted by molar-refractivity contribution is -0.119. The van der Waals surface area contributed by atoms with Crippen molar-refractivity contribution in [2.75, 3.05) is 4.90 Å². The molecule has 0 spiro atoms. The van der Waals surface area contributed by atoms with Gasteiger partial charge >= 0.3 is 0 Å². The molecular formula is C12H7NO2S. The average molecular weight is 229 g/mol. The molecule has 2 aromatic rings. The highest BCUT2D eigenvalue weighted by Crippen LogP contribution is 2.27. The lowest BCUT2D eigenvalue weighted by atomic mass is 10.2. The van der Waals surface area contributed by atoms with Crippen molar-refractivity contribution in [3.63, 3.8) is 0 Å². The minimum absolute atomic E-state index is 0.278. The highest BCUT2D eigenvalue weighted by atomic mass is 32.1. The Morgan fingerprint density at radius 1 is 1.00 bits per heavy atom. The molecule has 0 bridgehead atoms. The van der Waals surface area contributed by atoms with E-state index in [2.05, 4.69) is 0 Å². The quantitative estimate of drug-likeness (QED) is 0.704. The first-order valence-electron chi connectivity index (χ1n) is 4.79. The molecule has 0 atom stereocenters. The number of hydrogen-bond donors (Lipinski definition) is 0. The summed E-state index contributed by atoms with van der Waals surface area (Å²) in [5, 5.41) is 3.04. The molecule has 0 aliphatic carbocycles. The molecule has 1 aliphatic heterocycles. The number of carbonyl (C=O) groups is 2. The number of imide groups is 1. The zero-order valence-electron chi connectivity index (χ0n) is 8.21. The highest BCUT2D eigenvalue weighted by Gasteiger charge is 2.24. The predicted molar refractivity (Wildman–Crippen MR) is 63.5 cm³/mol. The number of nitrogens with zero attached hydrogens (tertiary/aromatic N) is 1. The summed E-state index contributed by atoms with van der Waals surface area (Å²) in [6, 6.07) is 7.55. The maximum atomic E-state index is 11.5. The van der Waals surface area contributed by atoms with Gasteiger partial charge in [-0.15, -0.1) is 11.3 Å². The standard InChI is InChI=1S/C12H7NO2S/c14-11-3-4-12(15)13(11)9-1-2-10-8(7-9)5-6-16-10/h1-7H. The van der Waals surface area contributed by atoms with E-state index in [1.165, 1.54) is 17.1 Å². The van der Waals surface area contributed by atoms with Crippen LogP contribution in [0.5, 0.6) is 0 Å². The molecule has 78 valence electrons. The lowest BCUT2D eigenvalue weighted by Gasteiger charge is -2.13. The topological polar surface area (TPSA) is 37.4 Å². The van der Waals surface area contributed by atoms with Crippen LogP contribution >= 0.6 is 11.3 Å². The first-order chi connectivity index (χ1) is 7.75. The summed E-state index contributed by atoms with van der Waals surface area (Å²) >= 11 is 1.64. The Labute approximate surface area is 95.6 Å². The molecule has 1 aromatic carbocycles. The van der Waals surface area contributed by atoms with Crippen molar-refractivity contribution >= 4 is 38.9 Å². The van der Waals surface area contributed by atoms with Crippen LogP contribution in [0.1, 0.15) is 0 Å². The van der Waals surface area contributed by atoms with Crippen molar-refractivity contribution in [3.8, 4) is 0 Å². The average Bonchev–Trinajstić information content (AvgIpc) is 2.85.